The van der Waals surface area contributed by atoms with Crippen LogP contribution in [0.4, 0.5) is 5.82 Å². The molecular weight excluding hydrogens is 328 g/mol. The fourth-order valence-corrected chi connectivity index (χ4v) is 2.55. The van der Waals surface area contributed by atoms with Crippen LogP contribution in [0, 0.1) is 0 Å². The highest BCUT2D eigenvalue weighted by Crippen LogP contribution is 2.12. The second-order valence-corrected chi connectivity index (χ2v) is 5.67. The largest absolute Gasteiger partial charge is 0.305 e. The molecular formula is C19H16N6O. The molecule has 0 aliphatic rings. The van der Waals surface area contributed by atoms with E-state index < -0.39 is 0 Å². The number of hydrogen-bond acceptors (Lipinski definition) is 4. The van der Waals surface area contributed by atoms with Crippen molar-refractivity contribution in [1.29, 1.82) is 0 Å². The van der Waals surface area contributed by atoms with E-state index in [9.17, 15) is 4.79 Å². The summed E-state index contributed by atoms with van der Waals surface area (Å²) in [6.07, 6.45) is 3.10. The van der Waals surface area contributed by atoms with E-state index in [2.05, 4.69) is 20.6 Å². The van der Waals surface area contributed by atoms with Gasteiger partial charge < -0.3 is 5.32 Å². The fraction of sp³-hybridized carbons (Fsp3) is 0.0526. The van der Waals surface area contributed by atoms with Crippen molar-refractivity contribution in [3.8, 4) is 5.69 Å². The van der Waals surface area contributed by atoms with E-state index >= 15 is 0 Å². The molecule has 4 rings (SSSR count). The maximum Gasteiger partial charge on any atom is 0.279 e. The molecule has 0 spiro atoms. The molecule has 1 amide bonds. The third-order valence-electron chi connectivity index (χ3n) is 3.84. The molecule has 0 aliphatic carbocycles. The molecule has 0 fully saturated rings. The second kappa shape index (κ2) is 7.02. The lowest BCUT2D eigenvalue weighted by molar-refractivity contribution is 0.102. The summed E-state index contributed by atoms with van der Waals surface area (Å²) in [7, 11) is 0. The summed E-state index contributed by atoms with van der Waals surface area (Å²) in [5, 5.41) is 15.5. The van der Waals surface area contributed by atoms with Gasteiger partial charge in [0.25, 0.3) is 5.91 Å². The van der Waals surface area contributed by atoms with Crippen LogP contribution >= 0.6 is 0 Å². The highest BCUT2D eigenvalue weighted by Gasteiger charge is 2.14. The Kier molecular flexibility index (Phi) is 4.26. The minimum atomic E-state index is -0.331. The smallest absolute Gasteiger partial charge is 0.279 e. The van der Waals surface area contributed by atoms with Gasteiger partial charge in [0.15, 0.2) is 5.69 Å². The van der Waals surface area contributed by atoms with Gasteiger partial charge in [-0.3, -0.25) is 4.79 Å². The molecule has 1 N–H and O–H groups in total. The maximum absolute atomic E-state index is 12.5. The molecule has 7 heteroatoms. The molecule has 7 nitrogen and oxygen atoms in total. The van der Waals surface area contributed by atoms with Crippen molar-refractivity contribution in [1.82, 2.24) is 24.8 Å². The number of benzene rings is 2. The average molecular weight is 344 g/mol. The first-order valence-electron chi connectivity index (χ1n) is 8.14. The number of nitrogens with zero attached hydrogens (tertiary/aromatic N) is 5. The predicted octanol–water partition coefficient (Wildman–Crippen LogP) is 2.76. The van der Waals surface area contributed by atoms with E-state index in [4.69, 9.17) is 0 Å². The Labute approximate surface area is 149 Å². The van der Waals surface area contributed by atoms with E-state index in [-0.39, 0.29) is 11.6 Å². The molecule has 2 heterocycles. The summed E-state index contributed by atoms with van der Waals surface area (Å²) < 4.78 is 1.73. The van der Waals surface area contributed by atoms with Crippen LogP contribution in [0.2, 0.25) is 0 Å². The van der Waals surface area contributed by atoms with Gasteiger partial charge in [0.1, 0.15) is 5.82 Å². The molecule has 128 valence electrons. The van der Waals surface area contributed by atoms with Crippen molar-refractivity contribution in [2.45, 2.75) is 6.54 Å². The van der Waals surface area contributed by atoms with Gasteiger partial charge in [0.2, 0.25) is 0 Å². The van der Waals surface area contributed by atoms with Crippen molar-refractivity contribution < 1.29 is 4.79 Å². The average Bonchev–Trinajstić information content (AvgIpc) is 3.34. The van der Waals surface area contributed by atoms with Crippen LogP contribution in [0.3, 0.4) is 0 Å². The lowest BCUT2D eigenvalue weighted by Crippen LogP contribution is -2.17. The zero-order chi connectivity index (χ0) is 17.8. The molecule has 0 bridgehead atoms. The Morgan fingerprint density at radius 2 is 1.65 bits per heavy atom. The first-order chi connectivity index (χ1) is 12.8. The van der Waals surface area contributed by atoms with Gasteiger partial charge in [-0.1, -0.05) is 48.5 Å². The summed E-state index contributed by atoms with van der Waals surface area (Å²) in [6, 6.07) is 21.1. The number of carbonyl (C=O) groups excluding carboxylic acids is 1. The minimum Gasteiger partial charge on any atom is -0.305 e. The van der Waals surface area contributed by atoms with E-state index in [1.165, 1.54) is 11.0 Å². The Morgan fingerprint density at radius 3 is 2.42 bits per heavy atom. The van der Waals surface area contributed by atoms with Crippen LogP contribution in [-0.2, 0) is 6.54 Å². The molecule has 2 aromatic heterocycles. The number of aromatic nitrogens is 5. The highest BCUT2D eigenvalue weighted by atomic mass is 16.2. The Bertz CT molecular complexity index is 1010. The molecule has 4 aromatic rings. The summed E-state index contributed by atoms with van der Waals surface area (Å²) in [4.78, 5) is 13.9. The molecule has 0 saturated heterocycles. The van der Waals surface area contributed by atoms with Crippen LogP contribution in [-0.4, -0.2) is 30.7 Å². The molecule has 0 unspecified atom stereocenters. The van der Waals surface area contributed by atoms with Crippen LogP contribution < -0.4 is 5.32 Å². The lowest BCUT2D eigenvalue weighted by atomic mass is 10.2. The van der Waals surface area contributed by atoms with Gasteiger partial charge in [0.05, 0.1) is 24.6 Å². The number of rotatable bonds is 5. The van der Waals surface area contributed by atoms with Crippen molar-refractivity contribution in [3.63, 3.8) is 0 Å². The lowest BCUT2D eigenvalue weighted by Gasteiger charge is -2.08. The fourth-order valence-electron chi connectivity index (χ4n) is 2.55. The third kappa shape index (κ3) is 3.36. The molecule has 0 aliphatic heterocycles. The standard InChI is InChI=1S/C19H16N6O/c26-19(17-13-21-25(23-17)16-9-5-2-6-10-16)22-18-11-12-20-24(18)14-15-7-3-1-4-8-15/h1-13H,14H2,(H,22,26). The zero-order valence-electron chi connectivity index (χ0n) is 13.9. The van der Waals surface area contributed by atoms with Gasteiger partial charge in [-0.2, -0.15) is 15.0 Å². The Balaban J connectivity index is 1.49. The minimum absolute atomic E-state index is 0.237. The number of amides is 1. The van der Waals surface area contributed by atoms with Crippen LogP contribution in [0.1, 0.15) is 16.1 Å². The number of nitrogens with one attached hydrogen (secondary N) is 1. The summed E-state index contributed by atoms with van der Waals surface area (Å²) >= 11 is 0. The number of hydrogen-bond donors (Lipinski definition) is 1. The monoisotopic (exact) mass is 344 g/mol. The predicted molar refractivity (Wildman–Crippen MR) is 97.1 cm³/mol. The summed E-state index contributed by atoms with van der Waals surface area (Å²) in [5.41, 5.74) is 2.13. The Hall–Kier alpha value is -3.74. The van der Waals surface area contributed by atoms with E-state index in [0.29, 0.717) is 12.4 Å². The molecule has 26 heavy (non-hydrogen) atoms. The molecule has 0 radical (unpaired) electrons. The topological polar surface area (TPSA) is 77.6 Å². The van der Waals surface area contributed by atoms with Crippen molar-refractivity contribution in [2.24, 2.45) is 0 Å². The third-order valence-corrected chi connectivity index (χ3v) is 3.84. The zero-order valence-corrected chi connectivity index (χ0v) is 13.9. The molecule has 2 aromatic carbocycles. The number of anilines is 1. The number of para-hydroxylation sites is 1. The maximum atomic E-state index is 12.5. The van der Waals surface area contributed by atoms with Crippen LogP contribution in [0.25, 0.3) is 5.69 Å². The van der Waals surface area contributed by atoms with E-state index in [1.807, 2.05) is 60.7 Å². The van der Waals surface area contributed by atoms with Crippen molar-refractivity contribution >= 4 is 11.7 Å². The van der Waals surface area contributed by atoms with Crippen LogP contribution in [0.15, 0.2) is 79.1 Å². The summed E-state index contributed by atoms with van der Waals surface area (Å²) in [6.45, 7) is 0.570. The normalized spacial score (nSPS) is 10.6. The molecule has 0 saturated carbocycles. The van der Waals surface area contributed by atoms with Crippen molar-refractivity contribution in [3.05, 3.63) is 90.4 Å². The van der Waals surface area contributed by atoms with Crippen LogP contribution in [0.5, 0.6) is 0 Å². The Morgan fingerprint density at radius 1 is 0.923 bits per heavy atom. The highest BCUT2D eigenvalue weighted by molar-refractivity contribution is 6.02. The SMILES string of the molecule is O=C(Nc1ccnn1Cc1ccccc1)c1cnn(-c2ccccc2)n1. The molecule has 0 atom stereocenters. The van der Waals surface area contributed by atoms with Gasteiger partial charge in [-0.05, 0) is 17.7 Å². The van der Waals surface area contributed by atoms with Crippen molar-refractivity contribution in [2.75, 3.05) is 5.32 Å². The van der Waals surface area contributed by atoms with Gasteiger partial charge in [0, 0.05) is 6.07 Å². The van der Waals surface area contributed by atoms with Gasteiger partial charge in [-0.25, -0.2) is 4.68 Å². The first-order valence-corrected chi connectivity index (χ1v) is 8.14. The van der Waals surface area contributed by atoms with E-state index in [1.54, 1.807) is 16.9 Å². The first kappa shape index (κ1) is 15.8. The van der Waals surface area contributed by atoms with E-state index in [0.717, 1.165) is 11.3 Å². The van der Waals surface area contributed by atoms with Gasteiger partial charge in [-0.15, -0.1) is 5.10 Å². The number of carbonyl (C=O) groups is 1. The summed E-state index contributed by atoms with van der Waals surface area (Å²) in [5.74, 6) is 0.273. The van der Waals surface area contributed by atoms with Gasteiger partial charge >= 0.3 is 0 Å². The quantitative estimate of drug-likeness (QED) is 0.604. The second-order valence-electron chi connectivity index (χ2n) is 5.67.